The second kappa shape index (κ2) is 41.6. The summed E-state index contributed by atoms with van der Waals surface area (Å²) >= 11 is 0. The summed E-state index contributed by atoms with van der Waals surface area (Å²) in [5, 5.41) is 83.7. The van der Waals surface area contributed by atoms with Crippen molar-refractivity contribution in [1.29, 1.82) is 0 Å². The van der Waals surface area contributed by atoms with Crippen molar-refractivity contribution in [3.05, 3.63) is 18.2 Å². The predicted molar refractivity (Wildman–Crippen MR) is 339 cm³/mol. The van der Waals surface area contributed by atoms with Crippen molar-refractivity contribution in [2.45, 2.75) is 204 Å². The summed E-state index contributed by atoms with van der Waals surface area (Å²) in [6.07, 6.45) is -0.662. The third-order valence-corrected chi connectivity index (χ3v) is 14.9. The van der Waals surface area contributed by atoms with Gasteiger partial charge in [-0.25, -0.2) is 9.78 Å². The SMILES string of the molecule is CC(C)C[C@H](NC(=O)[C@@H]1CCCN1C(=O)[C@H](CC(C)C)NC(=O)[C@H](CO)NC(=O)[C@@H](N)CC(=O)O)C(=O)N[C@H](C(=O)N[C@@H](CC(=O)O)C(=O)N[C@H](C(=O)N[C@@H](Cc1cnc[nH]1)C(=O)N[C@@H](CO)C(=O)N[C@@H](CCCCN)C(=O)N[C@@H](CCCN=C(N)N)C(=O)O)[C@@H](C)O)C(C)C. The number of rotatable bonds is 44. The van der Waals surface area contributed by atoms with Gasteiger partial charge in [0.15, 0.2) is 5.96 Å². The summed E-state index contributed by atoms with van der Waals surface area (Å²) in [7, 11) is 0. The number of H-pyrrole nitrogens is 1. The molecule has 0 spiro atoms. The number of hydrogen-bond acceptors (Lipinski definition) is 21. The number of carboxylic acid groups (broad SMARTS) is 3. The van der Waals surface area contributed by atoms with E-state index in [0.717, 1.165) is 6.92 Å². The van der Waals surface area contributed by atoms with Gasteiger partial charge in [0.2, 0.25) is 65.0 Å². The molecule has 38 heteroatoms. The highest BCUT2D eigenvalue weighted by Crippen LogP contribution is 2.22. The van der Waals surface area contributed by atoms with Crippen LogP contribution < -0.4 is 76.1 Å². The molecule has 1 aliphatic heterocycles. The Bertz CT molecular complexity index is 2840. The Labute approximate surface area is 553 Å². The van der Waals surface area contributed by atoms with Crippen LogP contribution in [0.15, 0.2) is 17.5 Å². The van der Waals surface area contributed by atoms with Gasteiger partial charge in [-0.3, -0.25) is 67.3 Å². The van der Waals surface area contributed by atoms with Crippen LogP contribution >= 0.6 is 0 Å². The molecular weight excluding hydrogens is 1270 g/mol. The van der Waals surface area contributed by atoms with Gasteiger partial charge < -0.3 is 117 Å². The van der Waals surface area contributed by atoms with Crippen molar-refractivity contribution in [3.63, 3.8) is 0 Å². The first kappa shape index (κ1) is 83.0. The lowest BCUT2D eigenvalue weighted by Crippen LogP contribution is -2.63. The maximum Gasteiger partial charge on any atom is 0.326 e. The number of nitrogens with two attached hydrogens (primary N) is 4. The molecule has 1 aliphatic rings. The molecule has 0 bridgehead atoms. The largest absolute Gasteiger partial charge is 0.481 e. The van der Waals surface area contributed by atoms with Crippen molar-refractivity contribution in [2.24, 2.45) is 45.7 Å². The number of carbonyl (C=O) groups excluding carboxylic acids is 11. The molecule has 1 aromatic heterocycles. The Morgan fingerprint density at radius 2 is 1.06 bits per heavy atom. The molecule has 2 heterocycles. The number of aliphatic carboxylic acids is 3. The summed E-state index contributed by atoms with van der Waals surface area (Å²) in [5.41, 5.74) is 22.1. The topological polar surface area (TPSA) is 629 Å². The summed E-state index contributed by atoms with van der Waals surface area (Å²) < 4.78 is 0. The van der Waals surface area contributed by atoms with Crippen molar-refractivity contribution >= 4 is 88.8 Å². The van der Waals surface area contributed by atoms with Gasteiger partial charge in [0.05, 0.1) is 44.5 Å². The van der Waals surface area contributed by atoms with Crippen molar-refractivity contribution < 1.29 is 97.8 Å². The van der Waals surface area contributed by atoms with Gasteiger partial charge in [-0.1, -0.05) is 41.5 Å². The average Bonchev–Trinajstić information content (AvgIpc) is 1.56. The maximum absolute atomic E-state index is 14.3. The van der Waals surface area contributed by atoms with Crippen LogP contribution in [0.1, 0.15) is 125 Å². The van der Waals surface area contributed by atoms with E-state index in [1.165, 1.54) is 31.3 Å². The van der Waals surface area contributed by atoms with E-state index in [2.05, 4.69) is 68.1 Å². The molecule has 25 N–H and O–H groups in total. The van der Waals surface area contributed by atoms with Crippen LogP contribution in [0, 0.1) is 17.8 Å². The molecule has 0 saturated carbocycles. The Morgan fingerprint density at radius 1 is 0.583 bits per heavy atom. The number of aromatic amines is 1. The Balaban J connectivity index is 2.37. The molecule has 0 unspecified atom stereocenters. The Hall–Kier alpha value is -9.14. The van der Waals surface area contributed by atoms with E-state index in [-0.39, 0.29) is 88.1 Å². The molecular formula is C58H98N18O20. The monoisotopic (exact) mass is 1370 g/mol. The third-order valence-electron chi connectivity index (χ3n) is 14.9. The molecule has 540 valence electrons. The normalized spacial score (nSPS) is 16.6. The first-order chi connectivity index (χ1) is 45.0. The molecule has 11 amide bonds. The molecule has 38 nitrogen and oxygen atoms in total. The minimum Gasteiger partial charge on any atom is -0.481 e. The number of hydrogen-bond donors (Lipinski definition) is 21. The van der Waals surface area contributed by atoms with E-state index >= 15 is 0 Å². The second-order valence-corrected chi connectivity index (χ2v) is 24.4. The van der Waals surface area contributed by atoms with Crippen LogP contribution in [0.2, 0.25) is 0 Å². The second-order valence-electron chi connectivity index (χ2n) is 24.4. The summed E-state index contributed by atoms with van der Waals surface area (Å²) in [5.74, 6) is -17.5. The van der Waals surface area contributed by atoms with E-state index in [1.807, 2.05) is 0 Å². The number of unbranched alkanes of at least 4 members (excludes halogenated alkanes) is 1. The summed E-state index contributed by atoms with van der Waals surface area (Å²) in [6.45, 7) is 9.19. The Kier molecular flexibility index (Phi) is 36.0. The zero-order valence-corrected chi connectivity index (χ0v) is 55.0. The number of aliphatic imine (C=N–C) groups is 1. The van der Waals surface area contributed by atoms with Gasteiger partial charge in [-0.05, 0) is 89.0 Å². The fourth-order valence-electron chi connectivity index (χ4n) is 9.91. The number of nitrogens with zero attached hydrogens (tertiary/aromatic N) is 3. The van der Waals surface area contributed by atoms with E-state index in [9.17, 15) is 92.7 Å². The number of guanidine groups is 1. The van der Waals surface area contributed by atoms with Crippen molar-refractivity contribution in [3.8, 4) is 0 Å². The molecule has 0 radical (unpaired) electrons. The lowest BCUT2D eigenvalue weighted by Gasteiger charge is -2.32. The van der Waals surface area contributed by atoms with Crippen LogP contribution in [0.4, 0.5) is 0 Å². The molecule has 13 atom stereocenters. The fraction of sp³-hybridized carbons (Fsp3) is 0.690. The highest BCUT2D eigenvalue weighted by atomic mass is 16.4. The number of likely N-dealkylation sites (tertiary alicyclic amines) is 1. The van der Waals surface area contributed by atoms with E-state index in [1.54, 1.807) is 27.7 Å². The van der Waals surface area contributed by atoms with Gasteiger partial charge in [-0.2, -0.15) is 0 Å². The standard InChI is InChI=1S/C58H98N18O20/c1-27(2)18-35(68-53(91)41-14-11-17-76(41)56(94)38(19-28(3)4)71-52(90)39(24-77)72-46(84)32(60)21-42(80)81)49(87)74-44(29(5)6)54(92)70-37(22-43(82)83)50(88)75-45(30(7)79)55(93)69-36(20-31-23-63-26-65-31)48(86)73-40(25-78)51(89)66-33(12-8-9-15-59)47(85)67-34(57(95)96)13-10-16-64-58(61)62/h23,26-30,32-41,44-45,77-79H,8-22,24-25,59-60H2,1-7H3,(H,63,65)(H,66,89)(H,67,85)(H,68,91)(H,69,93)(H,70,92)(H,71,90)(H,72,84)(H,73,86)(H,74,87)(H,75,88)(H,80,81)(H,82,83)(H,95,96)(H4,61,62,64)/t30-,32+,33+,34+,35+,36+,37+,38+,39+,40+,41+,44+,45+/m1/s1. The zero-order valence-electron chi connectivity index (χ0n) is 55.0. The van der Waals surface area contributed by atoms with Crippen LogP contribution in [0.25, 0.3) is 0 Å². The number of amides is 11. The van der Waals surface area contributed by atoms with Gasteiger partial charge in [-0.15, -0.1) is 0 Å². The van der Waals surface area contributed by atoms with E-state index < -0.39 is 200 Å². The number of nitrogens with one attached hydrogen (secondary N) is 11. The fourth-order valence-corrected chi connectivity index (χ4v) is 9.91. The van der Waals surface area contributed by atoms with Gasteiger partial charge in [0, 0.05) is 31.4 Å². The molecule has 0 aromatic carbocycles. The van der Waals surface area contributed by atoms with Crippen LogP contribution in [-0.2, 0) is 73.5 Å². The van der Waals surface area contributed by atoms with Crippen molar-refractivity contribution in [2.75, 3.05) is 32.8 Å². The van der Waals surface area contributed by atoms with Crippen LogP contribution in [-0.4, -0.2) is 246 Å². The zero-order chi connectivity index (χ0) is 72.7. The maximum atomic E-state index is 14.3. The molecule has 1 aromatic rings. The lowest BCUT2D eigenvalue weighted by atomic mass is 9.99. The smallest absolute Gasteiger partial charge is 0.326 e. The predicted octanol–water partition coefficient (Wildman–Crippen LogP) is -7.55. The lowest BCUT2D eigenvalue weighted by molar-refractivity contribution is -0.143. The van der Waals surface area contributed by atoms with E-state index in [0.29, 0.717) is 12.8 Å². The highest BCUT2D eigenvalue weighted by Gasteiger charge is 2.42. The average molecular weight is 1370 g/mol. The van der Waals surface area contributed by atoms with E-state index in [4.69, 9.17) is 28.0 Å². The molecule has 1 saturated heterocycles. The highest BCUT2D eigenvalue weighted by molar-refractivity contribution is 6.00. The minimum atomic E-state index is -2.03. The van der Waals surface area contributed by atoms with Crippen LogP contribution in [0.5, 0.6) is 0 Å². The molecule has 1 fully saturated rings. The van der Waals surface area contributed by atoms with Gasteiger partial charge in [0.1, 0.15) is 66.5 Å². The van der Waals surface area contributed by atoms with Gasteiger partial charge >= 0.3 is 17.9 Å². The van der Waals surface area contributed by atoms with Gasteiger partial charge in [0.25, 0.3) is 0 Å². The molecule has 0 aliphatic carbocycles. The first-order valence-electron chi connectivity index (χ1n) is 31.4. The number of carbonyl (C=O) groups is 14. The minimum absolute atomic E-state index is 0.0213. The number of carboxylic acids is 3. The quantitative estimate of drug-likeness (QED) is 0.0164. The summed E-state index contributed by atoms with van der Waals surface area (Å²) in [4.78, 5) is 199. The number of imidazole rings is 1. The summed E-state index contributed by atoms with van der Waals surface area (Å²) in [6, 6.07) is -19.1. The van der Waals surface area contributed by atoms with Crippen molar-refractivity contribution in [1.82, 2.24) is 68.0 Å². The van der Waals surface area contributed by atoms with Crippen LogP contribution in [0.3, 0.4) is 0 Å². The number of aliphatic hydroxyl groups excluding tert-OH is 3. The Morgan fingerprint density at radius 3 is 1.58 bits per heavy atom. The number of aliphatic hydroxyl groups is 3. The first-order valence-corrected chi connectivity index (χ1v) is 31.4. The third kappa shape index (κ3) is 28.8. The molecule has 96 heavy (non-hydrogen) atoms. The molecule has 2 rings (SSSR count). The number of aromatic nitrogens is 2.